The van der Waals surface area contributed by atoms with E-state index in [1.54, 1.807) is 0 Å². The van der Waals surface area contributed by atoms with Gasteiger partial charge in [-0.05, 0) is 6.42 Å². The quantitative estimate of drug-likeness (QED) is 0.155. The van der Waals surface area contributed by atoms with Crippen LogP contribution < -0.4 is 51.4 Å². The monoisotopic (exact) mass is 428 g/mol. The summed E-state index contributed by atoms with van der Waals surface area (Å²) in [5.74, 6) is -0.189. The molecule has 0 bridgehead atoms. The summed E-state index contributed by atoms with van der Waals surface area (Å²) in [5, 5.41) is 0. The van der Waals surface area contributed by atoms with Gasteiger partial charge in [-0.3, -0.25) is 0 Å². The fourth-order valence-corrected chi connectivity index (χ4v) is 4.09. The van der Waals surface area contributed by atoms with Gasteiger partial charge in [-0.2, -0.15) is 0 Å². The van der Waals surface area contributed by atoms with E-state index in [1.165, 1.54) is 109 Å². The van der Waals surface area contributed by atoms with Crippen LogP contribution in [0, 0.1) is 0 Å². The van der Waals surface area contributed by atoms with E-state index in [-0.39, 0.29) is 57.1 Å². The van der Waals surface area contributed by atoms with Crippen LogP contribution in [0.1, 0.15) is 135 Å². The van der Waals surface area contributed by atoms with Crippen LogP contribution in [-0.4, -0.2) is 18.7 Å². The van der Waals surface area contributed by atoms with Crippen LogP contribution in [0.25, 0.3) is 0 Å². The summed E-state index contributed by atoms with van der Waals surface area (Å²) in [6, 6.07) is 0. The van der Waals surface area contributed by atoms with Gasteiger partial charge in [-0.25, -0.2) is 8.42 Å². The van der Waals surface area contributed by atoms with E-state index in [0.29, 0.717) is 6.42 Å². The van der Waals surface area contributed by atoms with E-state index in [4.69, 9.17) is 0 Å². The maximum Gasteiger partial charge on any atom is 1.00 e. The van der Waals surface area contributed by atoms with Crippen molar-refractivity contribution in [2.24, 2.45) is 0 Å². The van der Waals surface area contributed by atoms with Gasteiger partial charge in [-0.1, -0.05) is 129 Å². The first kappa shape index (κ1) is 30.7. The zero-order valence-corrected chi connectivity index (χ0v) is 22.4. The Kier molecular flexibility index (Phi) is 27.1. The number of hydrogen-bond acceptors (Lipinski definition) is 3. The first-order valence-corrected chi connectivity index (χ1v) is 13.1. The van der Waals surface area contributed by atoms with Crippen molar-refractivity contribution in [2.75, 3.05) is 5.75 Å². The molecular weight excluding hydrogens is 383 g/mol. The molecule has 0 fully saturated rings. The van der Waals surface area contributed by atoms with Crippen LogP contribution in [0.15, 0.2) is 0 Å². The summed E-state index contributed by atoms with van der Waals surface area (Å²) >= 11 is 0. The second-order valence-electron chi connectivity index (χ2n) is 7.98. The maximum absolute atomic E-state index is 10.5. The summed E-state index contributed by atoms with van der Waals surface area (Å²) in [6.45, 7) is 2.28. The van der Waals surface area contributed by atoms with Crippen molar-refractivity contribution in [1.82, 2.24) is 0 Å². The molecule has 0 aliphatic carbocycles. The van der Waals surface area contributed by atoms with Crippen molar-refractivity contribution in [2.45, 2.75) is 135 Å². The molecule has 0 spiro atoms. The average Bonchev–Trinajstić information content (AvgIpc) is 2.59. The third-order valence-electron chi connectivity index (χ3n) is 5.25. The smallest absolute Gasteiger partial charge is 0.748 e. The molecule has 5 heteroatoms. The third-order valence-corrected chi connectivity index (χ3v) is 6.04. The predicted molar refractivity (Wildman–Crippen MR) is 113 cm³/mol. The molecule has 0 heterocycles. The minimum Gasteiger partial charge on any atom is -0.748 e. The standard InChI is InChI=1S/C22H46O3S.K/c1-2-3-4-5-6-7-8-9-10-11-12-13-14-15-16-17-18-19-20-21-22-26(23,24)25;/h2-22H2,1H3,(H,23,24,25);/q;+1/p-1. The second kappa shape index (κ2) is 23.8. The van der Waals surface area contributed by atoms with Crippen molar-refractivity contribution >= 4 is 10.1 Å². The first-order chi connectivity index (χ1) is 12.6. The maximum atomic E-state index is 10.5. The molecule has 0 saturated carbocycles. The number of hydrogen-bond donors (Lipinski definition) is 0. The molecule has 0 radical (unpaired) electrons. The molecule has 158 valence electrons. The molecule has 27 heavy (non-hydrogen) atoms. The van der Waals surface area contributed by atoms with Gasteiger partial charge in [0.2, 0.25) is 0 Å². The number of unbranched alkanes of at least 4 members (excludes halogenated alkanes) is 19. The molecule has 0 aromatic heterocycles. The van der Waals surface area contributed by atoms with E-state index < -0.39 is 10.1 Å². The van der Waals surface area contributed by atoms with Crippen LogP contribution in [0.5, 0.6) is 0 Å². The normalized spacial score (nSPS) is 11.5. The van der Waals surface area contributed by atoms with Gasteiger partial charge in [0.05, 0.1) is 10.1 Å². The molecule has 0 aliphatic rings. The summed E-state index contributed by atoms with van der Waals surface area (Å²) in [4.78, 5) is 0. The fourth-order valence-electron chi connectivity index (χ4n) is 3.53. The molecule has 0 atom stereocenters. The van der Waals surface area contributed by atoms with Gasteiger partial charge in [0.15, 0.2) is 0 Å². The van der Waals surface area contributed by atoms with Gasteiger partial charge in [0.1, 0.15) is 0 Å². The van der Waals surface area contributed by atoms with E-state index >= 15 is 0 Å². The fraction of sp³-hybridized carbons (Fsp3) is 1.00. The summed E-state index contributed by atoms with van der Waals surface area (Å²) < 4.78 is 31.4. The second-order valence-corrected chi connectivity index (χ2v) is 9.50. The Balaban J connectivity index is 0. The molecule has 0 aromatic carbocycles. The SMILES string of the molecule is CCCCCCCCCCCCCCCCCCCCCCS(=O)(=O)[O-].[K+]. The Labute approximate surface area is 213 Å². The summed E-state index contributed by atoms with van der Waals surface area (Å²) in [6.07, 6.45) is 25.9. The van der Waals surface area contributed by atoms with Crippen LogP contribution in [0.4, 0.5) is 0 Å². The van der Waals surface area contributed by atoms with Crippen LogP contribution in [0.2, 0.25) is 0 Å². The minimum atomic E-state index is -4.00. The van der Waals surface area contributed by atoms with Gasteiger partial charge in [0.25, 0.3) is 0 Å². The predicted octanol–water partition coefficient (Wildman–Crippen LogP) is 4.36. The van der Waals surface area contributed by atoms with Gasteiger partial charge in [-0.15, -0.1) is 0 Å². The molecule has 0 amide bonds. The zero-order chi connectivity index (χ0) is 19.3. The van der Waals surface area contributed by atoms with Crippen molar-refractivity contribution in [1.29, 1.82) is 0 Å². The molecule has 0 aliphatic heterocycles. The topological polar surface area (TPSA) is 57.2 Å². The third kappa shape index (κ3) is 29.8. The molecule has 3 nitrogen and oxygen atoms in total. The molecule has 0 aromatic rings. The van der Waals surface area contributed by atoms with Crippen LogP contribution in [0.3, 0.4) is 0 Å². The molecule has 0 N–H and O–H groups in total. The van der Waals surface area contributed by atoms with Gasteiger partial charge < -0.3 is 4.55 Å². The van der Waals surface area contributed by atoms with Crippen molar-refractivity contribution < 1.29 is 64.4 Å². The molecule has 0 unspecified atom stereocenters. The molecular formula is C22H45KO3S. The Hall–Kier alpha value is 1.55. The summed E-state index contributed by atoms with van der Waals surface area (Å²) in [5.41, 5.74) is 0. The summed E-state index contributed by atoms with van der Waals surface area (Å²) in [7, 11) is -4.00. The Bertz CT molecular complexity index is 372. The van der Waals surface area contributed by atoms with E-state index in [1.807, 2.05) is 0 Å². The first-order valence-electron chi connectivity index (χ1n) is 11.5. The Morgan fingerprint density at radius 1 is 0.481 bits per heavy atom. The van der Waals surface area contributed by atoms with Crippen molar-refractivity contribution in [3.63, 3.8) is 0 Å². The van der Waals surface area contributed by atoms with Crippen LogP contribution in [-0.2, 0) is 10.1 Å². The van der Waals surface area contributed by atoms with Crippen molar-refractivity contribution in [3.05, 3.63) is 0 Å². The average molecular weight is 429 g/mol. The number of rotatable bonds is 21. The van der Waals surface area contributed by atoms with Gasteiger partial charge >= 0.3 is 51.4 Å². The van der Waals surface area contributed by atoms with Crippen LogP contribution >= 0.6 is 0 Å². The largest absolute Gasteiger partial charge is 1.00 e. The van der Waals surface area contributed by atoms with Gasteiger partial charge in [0, 0.05) is 5.75 Å². The Morgan fingerprint density at radius 3 is 0.926 bits per heavy atom. The molecule has 0 saturated heterocycles. The molecule has 0 rings (SSSR count). The zero-order valence-electron chi connectivity index (χ0n) is 18.5. The van der Waals surface area contributed by atoms with E-state index in [2.05, 4.69) is 6.92 Å². The van der Waals surface area contributed by atoms with E-state index in [0.717, 1.165) is 12.8 Å². The Morgan fingerprint density at radius 2 is 0.704 bits per heavy atom. The van der Waals surface area contributed by atoms with Crippen molar-refractivity contribution in [3.8, 4) is 0 Å². The minimum absolute atomic E-state index is 0. The van der Waals surface area contributed by atoms with E-state index in [9.17, 15) is 13.0 Å².